The Morgan fingerprint density at radius 3 is 2.65 bits per heavy atom. The van der Waals surface area contributed by atoms with Crippen molar-refractivity contribution < 1.29 is 27.8 Å². The average Bonchev–Trinajstić information content (AvgIpc) is 3.72. The third-order valence-electron chi connectivity index (χ3n) is 6.62. The molecule has 1 aromatic carbocycles. The Morgan fingerprint density at radius 2 is 1.95 bits per heavy atom. The number of pyridine rings is 1. The second kappa shape index (κ2) is 12.1. The third-order valence-corrected chi connectivity index (χ3v) is 7.37. The van der Waals surface area contributed by atoms with Gasteiger partial charge in [0.2, 0.25) is 5.13 Å². The molecule has 0 radical (unpaired) electrons. The van der Waals surface area contributed by atoms with Crippen LogP contribution in [0.25, 0.3) is 11.1 Å². The van der Waals surface area contributed by atoms with Crippen LogP contribution < -0.4 is 10.1 Å². The smallest absolute Gasteiger partial charge is 0.280 e. The molecule has 1 amide bonds. The van der Waals surface area contributed by atoms with Crippen molar-refractivity contribution in [3.63, 3.8) is 0 Å². The number of ether oxygens (including phenoxy) is 3. The molecule has 0 unspecified atom stereocenters. The van der Waals surface area contributed by atoms with Crippen LogP contribution in [0.5, 0.6) is 5.75 Å². The van der Waals surface area contributed by atoms with E-state index in [2.05, 4.69) is 44.2 Å². The number of hydrogen-bond donors (Lipinski definition) is 1. The van der Waals surface area contributed by atoms with E-state index in [-0.39, 0.29) is 22.0 Å². The third kappa shape index (κ3) is 6.45. The summed E-state index contributed by atoms with van der Waals surface area (Å²) in [7, 11) is 3.02. The molecule has 5 rings (SSSR count). The van der Waals surface area contributed by atoms with Gasteiger partial charge >= 0.3 is 0 Å². The molecule has 2 aliphatic rings. The van der Waals surface area contributed by atoms with Crippen molar-refractivity contribution in [2.75, 3.05) is 32.8 Å². The van der Waals surface area contributed by atoms with E-state index in [0.29, 0.717) is 48.1 Å². The molecule has 1 N–H and O–H groups in total. The molecule has 1 aliphatic carbocycles. The van der Waals surface area contributed by atoms with E-state index in [1.807, 2.05) is 0 Å². The fourth-order valence-corrected chi connectivity index (χ4v) is 4.74. The predicted molar refractivity (Wildman–Crippen MR) is 145 cm³/mol. The van der Waals surface area contributed by atoms with Crippen molar-refractivity contribution in [3.05, 3.63) is 52.3 Å². The molecule has 2 fully saturated rings. The molecular formula is C29H26F2N4O4S. The molecule has 0 atom stereocenters. The van der Waals surface area contributed by atoms with Gasteiger partial charge in [0.05, 0.1) is 26.5 Å². The molecule has 0 spiro atoms. The van der Waals surface area contributed by atoms with Crippen LogP contribution in [0.2, 0.25) is 0 Å². The predicted octanol–water partition coefficient (Wildman–Crippen LogP) is 5.11. The van der Waals surface area contributed by atoms with E-state index in [4.69, 9.17) is 14.2 Å². The number of halogens is 2. The largest absolute Gasteiger partial charge is 0.494 e. The van der Waals surface area contributed by atoms with Gasteiger partial charge in [0.15, 0.2) is 5.01 Å². The summed E-state index contributed by atoms with van der Waals surface area (Å²) in [6, 6.07) is 6.18. The quantitative estimate of drug-likeness (QED) is 0.416. The zero-order valence-electron chi connectivity index (χ0n) is 21.9. The molecule has 11 heteroatoms. The van der Waals surface area contributed by atoms with Gasteiger partial charge in [0, 0.05) is 42.6 Å². The molecule has 1 saturated heterocycles. The normalized spacial score (nSPS) is 15.9. The first-order valence-corrected chi connectivity index (χ1v) is 13.5. The van der Waals surface area contributed by atoms with Crippen molar-refractivity contribution >= 4 is 22.4 Å². The second-order valence-corrected chi connectivity index (χ2v) is 10.3. The lowest BCUT2D eigenvalue weighted by Crippen LogP contribution is -2.36. The van der Waals surface area contributed by atoms with Crippen LogP contribution in [0, 0.1) is 29.6 Å². The number of amides is 1. The first kappa shape index (κ1) is 27.7. The summed E-state index contributed by atoms with van der Waals surface area (Å²) in [5, 5.41) is 11.6. The molecule has 8 nitrogen and oxygen atoms in total. The molecule has 1 aliphatic heterocycles. The van der Waals surface area contributed by atoms with E-state index in [1.54, 1.807) is 25.3 Å². The van der Waals surface area contributed by atoms with Gasteiger partial charge in [0.1, 0.15) is 17.0 Å². The summed E-state index contributed by atoms with van der Waals surface area (Å²) in [6.07, 6.45) is 1.82. The number of carbonyl (C=O) groups excluding carboxylic acids is 1. The number of nitrogens with one attached hydrogen (secondary N) is 1. The topological polar surface area (TPSA) is 95.5 Å². The summed E-state index contributed by atoms with van der Waals surface area (Å²) in [4.78, 5) is 17.2. The standard InChI is InChI=1S/C29H26F2N4O4S/c1-37-24-17-32-23(26(30)31)16-22(24)21-15-19(9-10-29(38-2)11-13-39-14-12-29)5-7-20(21)27(36)33-28-35-34-25(40-28)8-6-18-3-4-18/h5,7,15-18,26H,3-4,11-14H2,1-2H3,(H,33,35,36). The summed E-state index contributed by atoms with van der Waals surface area (Å²) < 4.78 is 43.8. The SMILES string of the molecule is COc1cnc(C(F)F)cc1-c1cc(C#CC2(OC)CCOCC2)ccc1C(=O)Nc1nnc(C#CC2CC2)s1. The minimum absolute atomic E-state index is 0.212. The first-order valence-electron chi connectivity index (χ1n) is 12.7. The Kier molecular flexibility index (Phi) is 8.36. The van der Waals surface area contributed by atoms with Crippen molar-refractivity contribution in [1.29, 1.82) is 0 Å². The van der Waals surface area contributed by atoms with Crippen LogP contribution in [-0.4, -0.2) is 54.1 Å². The molecule has 1 saturated carbocycles. The van der Waals surface area contributed by atoms with Gasteiger partial charge in [0.25, 0.3) is 12.3 Å². The van der Waals surface area contributed by atoms with E-state index >= 15 is 0 Å². The molecular weight excluding hydrogens is 538 g/mol. The number of alkyl halides is 2. The molecule has 206 valence electrons. The highest BCUT2D eigenvalue weighted by molar-refractivity contribution is 7.15. The lowest BCUT2D eigenvalue weighted by molar-refractivity contribution is -0.0524. The highest BCUT2D eigenvalue weighted by Gasteiger charge is 2.30. The van der Waals surface area contributed by atoms with Crippen molar-refractivity contribution in [2.45, 2.75) is 37.7 Å². The summed E-state index contributed by atoms with van der Waals surface area (Å²) in [6.45, 7) is 1.08. The van der Waals surface area contributed by atoms with E-state index in [9.17, 15) is 13.6 Å². The summed E-state index contributed by atoms with van der Waals surface area (Å²) in [5.74, 6) is 12.6. The monoisotopic (exact) mass is 564 g/mol. The Labute approximate surface area is 234 Å². The van der Waals surface area contributed by atoms with Crippen LogP contribution in [0.1, 0.15) is 58.7 Å². The van der Waals surface area contributed by atoms with Gasteiger partial charge in [-0.25, -0.2) is 8.78 Å². The number of rotatable bonds is 6. The zero-order chi connectivity index (χ0) is 28.1. The van der Waals surface area contributed by atoms with Crippen LogP contribution >= 0.6 is 11.3 Å². The zero-order valence-corrected chi connectivity index (χ0v) is 22.7. The average molecular weight is 565 g/mol. The van der Waals surface area contributed by atoms with Crippen molar-refractivity contribution in [2.24, 2.45) is 5.92 Å². The fraction of sp³-hybridized carbons (Fsp3) is 0.379. The maximum Gasteiger partial charge on any atom is 0.280 e. The number of methoxy groups -OCH3 is 2. The first-order chi connectivity index (χ1) is 19.4. The number of hydrogen-bond acceptors (Lipinski definition) is 8. The summed E-state index contributed by atoms with van der Waals surface area (Å²) >= 11 is 1.16. The van der Waals surface area contributed by atoms with Gasteiger partial charge in [-0.2, -0.15) is 0 Å². The maximum absolute atomic E-state index is 13.6. The Balaban J connectivity index is 1.52. The molecule has 2 aromatic heterocycles. The number of benzene rings is 1. The molecule has 0 bridgehead atoms. The van der Waals surface area contributed by atoms with E-state index < -0.39 is 23.6 Å². The van der Waals surface area contributed by atoms with Crippen molar-refractivity contribution in [3.8, 4) is 40.6 Å². The Bertz CT molecular complexity index is 1530. The fourth-order valence-electron chi connectivity index (χ4n) is 4.14. The number of nitrogens with zero attached hydrogens (tertiary/aromatic N) is 3. The van der Waals surface area contributed by atoms with E-state index in [1.165, 1.54) is 19.4 Å². The Hall–Kier alpha value is -3.90. The second-order valence-electron chi connectivity index (χ2n) is 9.34. The van der Waals surface area contributed by atoms with E-state index in [0.717, 1.165) is 24.2 Å². The van der Waals surface area contributed by atoms with Crippen LogP contribution in [-0.2, 0) is 9.47 Å². The summed E-state index contributed by atoms with van der Waals surface area (Å²) in [5.41, 5.74) is 0.319. The minimum Gasteiger partial charge on any atom is -0.494 e. The number of aromatic nitrogens is 3. The van der Waals surface area contributed by atoms with Gasteiger partial charge in [-0.3, -0.25) is 15.1 Å². The number of anilines is 1. The lowest BCUT2D eigenvalue weighted by Gasteiger charge is -2.30. The molecule has 3 heterocycles. The van der Waals surface area contributed by atoms with Crippen molar-refractivity contribution in [1.82, 2.24) is 15.2 Å². The molecule has 40 heavy (non-hydrogen) atoms. The number of carbonyl (C=O) groups is 1. The van der Waals surface area contributed by atoms with Crippen LogP contribution in [0.4, 0.5) is 13.9 Å². The van der Waals surface area contributed by atoms with Crippen LogP contribution in [0.3, 0.4) is 0 Å². The Morgan fingerprint density at radius 1 is 1.15 bits per heavy atom. The minimum atomic E-state index is -2.81. The lowest BCUT2D eigenvalue weighted by atomic mass is 9.93. The van der Waals surface area contributed by atoms with Crippen LogP contribution in [0.15, 0.2) is 30.5 Å². The van der Waals surface area contributed by atoms with Gasteiger partial charge in [-0.05, 0) is 48.6 Å². The van der Waals surface area contributed by atoms with Gasteiger partial charge in [-0.15, -0.1) is 10.2 Å². The maximum atomic E-state index is 13.6. The van der Waals surface area contributed by atoms with Gasteiger partial charge < -0.3 is 14.2 Å². The van der Waals surface area contributed by atoms with Gasteiger partial charge in [-0.1, -0.05) is 29.1 Å². The highest BCUT2D eigenvalue weighted by atomic mass is 32.1. The molecule has 3 aromatic rings. The highest BCUT2D eigenvalue weighted by Crippen LogP contribution is 2.36.